The Hall–Kier alpha value is -2.32. The van der Waals surface area contributed by atoms with E-state index >= 15 is 0 Å². The Morgan fingerprint density at radius 1 is 0.846 bits per heavy atom. The second-order valence-corrected chi connectivity index (χ2v) is 8.80. The molecule has 0 aliphatic heterocycles. The molecule has 2 unspecified atom stereocenters. The highest BCUT2D eigenvalue weighted by Gasteiger charge is 2.37. The van der Waals surface area contributed by atoms with Crippen LogP contribution in [0.5, 0.6) is 5.75 Å². The van der Waals surface area contributed by atoms with Crippen molar-refractivity contribution in [3.05, 3.63) is 65.7 Å². The molecule has 0 spiro atoms. The maximum absolute atomic E-state index is 11.0. The molecular formula is C24H20OS. The molecule has 0 amide bonds. The molecule has 6 rings (SSSR count). The van der Waals surface area contributed by atoms with E-state index in [0.717, 1.165) is 5.39 Å². The van der Waals surface area contributed by atoms with Crippen molar-refractivity contribution in [1.29, 1.82) is 0 Å². The Kier molecular flexibility index (Phi) is 3.04. The second-order valence-electron chi connectivity index (χ2n) is 7.75. The van der Waals surface area contributed by atoms with Crippen molar-refractivity contribution in [2.75, 3.05) is 0 Å². The highest BCUT2D eigenvalue weighted by molar-refractivity contribution is 7.26. The molecule has 1 heterocycles. The molecule has 2 aliphatic rings. The molecule has 0 saturated heterocycles. The van der Waals surface area contributed by atoms with Gasteiger partial charge in [0.25, 0.3) is 0 Å². The van der Waals surface area contributed by atoms with Crippen LogP contribution in [0.1, 0.15) is 48.6 Å². The van der Waals surface area contributed by atoms with Gasteiger partial charge >= 0.3 is 0 Å². The van der Waals surface area contributed by atoms with E-state index in [1.807, 2.05) is 11.3 Å². The Morgan fingerprint density at radius 2 is 1.58 bits per heavy atom. The van der Waals surface area contributed by atoms with E-state index < -0.39 is 0 Å². The van der Waals surface area contributed by atoms with E-state index in [1.165, 1.54) is 62.7 Å². The topological polar surface area (TPSA) is 20.2 Å². The molecule has 128 valence electrons. The van der Waals surface area contributed by atoms with Gasteiger partial charge < -0.3 is 5.11 Å². The van der Waals surface area contributed by atoms with Gasteiger partial charge in [0.05, 0.1) is 0 Å². The molecule has 2 atom stereocenters. The molecule has 1 fully saturated rings. The molecule has 1 saturated carbocycles. The van der Waals surface area contributed by atoms with Gasteiger partial charge in [-0.05, 0) is 53.5 Å². The van der Waals surface area contributed by atoms with Crippen molar-refractivity contribution in [3.63, 3.8) is 0 Å². The van der Waals surface area contributed by atoms with Gasteiger partial charge in [-0.2, -0.15) is 0 Å². The molecule has 4 aromatic rings. The predicted molar refractivity (Wildman–Crippen MR) is 110 cm³/mol. The Bertz CT molecular complexity index is 1170. The van der Waals surface area contributed by atoms with Crippen LogP contribution in [0.4, 0.5) is 0 Å². The summed E-state index contributed by atoms with van der Waals surface area (Å²) in [5, 5.41) is 13.2. The second kappa shape index (κ2) is 5.34. The first-order valence-electron chi connectivity index (χ1n) is 9.59. The zero-order valence-electron chi connectivity index (χ0n) is 14.5. The summed E-state index contributed by atoms with van der Waals surface area (Å²) in [5.41, 5.74) is 5.68. The largest absolute Gasteiger partial charge is 0.507 e. The standard InChI is InChI=1S/C24H20OS/c25-20-13-19-16-9-2-1-7-14(16)15-8-3-4-10-17(15)22(19)24-23(20)18-11-5-6-12-21(18)26-24/h3-6,8,10-14,16,25H,1-2,7,9H2. The molecule has 3 aromatic carbocycles. The van der Waals surface area contributed by atoms with E-state index in [2.05, 4.69) is 54.6 Å². The third-order valence-corrected chi connectivity index (χ3v) is 7.64. The van der Waals surface area contributed by atoms with Gasteiger partial charge in [-0.1, -0.05) is 55.3 Å². The van der Waals surface area contributed by atoms with Crippen LogP contribution in [-0.2, 0) is 0 Å². The summed E-state index contributed by atoms with van der Waals surface area (Å²) in [6.07, 6.45) is 5.13. The predicted octanol–water partition coefficient (Wildman–Crippen LogP) is 7.18. The van der Waals surface area contributed by atoms with Crippen LogP contribution < -0.4 is 0 Å². The summed E-state index contributed by atoms with van der Waals surface area (Å²) >= 11 is 1.83. The minimum absolute atomic E-state index is 0.458. The number of rotatable bonds is 0. The molecule has 2 heteroatoms. The fourth-order valence-electron chi connectivity index (χ4n) is 5.39. The zero-order chi connectivity index (χ0) is 17.3. The van der Waals surface area contributed by atoms with Crippen molar-refractivity contribution in [3.8, 4) is 16.9 Å². The number of thiophene rings is 1. The first-order chi connectivity index (χ1) is 12.8. The zero-order valence-corrected chi connectivity index (χ0v) is 15.4. The minimum Gasteiger partial charge on any atom is -0.507 e. The van der Waals surface area contributed by atoms with Crippen molar-refractivity contribution >= 4 is 31.5 Å². The van der Waals surface area contributed by atoms with Crippen LogP contribution in [0.15, 0.2) is 54.6 Å². The molecule has 1 aromatic heterocycles. The lowest BCUT2D eigenvalue weighted by Crippen LogP contribution is -2.21. The third kappa shape index (κ3) is 1.86. The van der Waals surface area contributed by atoms with E-state index in [9.17, 15) is 5.11 Å². The quantitative estimate of drug-likeness (QED) is 0.354. The van der Waals surface area contributed by atoms with E-state index in [-0.39, 0.29) is 0 Å². The third-order valence-electron chi connectivity index (χ3n) is 6.45. The number of hydrogen-bond acceptors (Lipinski definition) is 2. The van der Waals surface area contributed by atoms with Crippen molar-refractivity contribution in [1.82, 2.24) is 0 Å². The highest BCUT2D eigenvalue weighted by Crippen LogP contribution is 2.57. The number of fused-ring (bicyclic) bond motifs is 10. The molecule has 1 N–H and O–H groups in total. The average molecular weight is 356 g/mol. The van der Waals surface area contributed by atoms with Gasteiger partial charge in [-0.15, -0.1) is 11.3 Å². The lowest BCUT2D eigenvalue weighted by Gasteiger charge is -2.39. The first kappa shape index (κ1) is 14.8. The molecule has 2 aliphatic carbocycles. The van der Waals surface area contributed by atoms with Gasteiger partial charge in [0.1, 0.15) is 5.75 Å². The van der Waals surface area contributed by atoms with Crippen molar-refractivity contribution < 1.29 is 5.11 Å². The van der Waals surface area contributed by atoms with Crippen LogP contribution in [0.3, 0.4) is 0 Å². The van der Waals surface area contributed by atoms with Crippen LogP contribution in [0.25, 0.3) is 31.3 Å². The lowest BCUT2D eigenvalue weighted by molar-refractivity contribution is 0.382. The van der Waals surface area contributed by atoms with Gasteiger partial charge in [0.2, 0.25) is 0 Å². The van der Waals surface area contributed by atoms with Crippen LogP contribution in [0, 0.1) is 0 Å². The fourth-order valence-corrected chi connectivity index (χ4v) is 6.69. The smallest absolute Gasteiger partial charge is 0.125 e. The molecule has 0 radical (unpaired) electrons. The number of benzene rings is 3. The summed E-state index contributed by atoms with van der Waals surface area (Å²) in [6, 6.07) is 19.5. The van der Waals surface area contributed by atoms with Crippen molar-refractivity contribution in [2.24, 2.45) is 0 Å². The van der Waals surface area contributed by atoms with Gasteiger partial charge in [0.15, 0.2) is 0 Å². The van der Waals surface area contributed by atoms with E-state index in [4.69, 9.17) is 0 Å². The summed E-state index contributed by atoms with van der Waals surface area (Å²) in [6.45, 7) is 0. The summed E-state index contributed by atoms with van der Waals surface area (Å²) in [7, 11) is 0. The SMILES string of the molecule is Oc1cc2c(c3sc4ccccc4c13)-c1ccccc1C1CCCCC21. The number of phenols is 1. The monoisotopic (exact) mass is 356 g/mol. The summed E-state index contributed by atoms with van der Waals surface area (Å²) in [5.74, 6) is 1.62. The maximum Gasteiger partial charge on any atom is 0.125 e. The fraction of sp³-hybridized carbons (Fsp3) is 0.250. The Labute approximate surface area is 156 Å². The Morgan fingerprint density at radius 3 is 2.46 bits per heavy atom. The molecule has 1 nitrogen and oxygen atoms in total. The minimum atomic E-state index is 0.458. The normalized spacial score (nSPS) is 21.4. The van der Waals surface area contributed by atoms with Crippen LogP contribution >= 0.6 is 11.3 Å². The number of phenolic OH excluding ortho intramolecular Hbond substituents is 1. The van der Waals surface area contributed by atoms with E-state index in [1.54, 1.807) is 0 Å². The van der Waals surface area contributed by atoms with Gasteiger partial charge in [-0.3, -0.25) is 0 Å². The lowest BCUT2D eigenvalue weighted by atomic mass is 9.65. The summed E-state index contributed by atoms with van der Waals surface area (Å²) in [4.78, 5) is 0. The first-order valence-corrected chi connectivity index (χ1v) is 10.4. The highest BCUT2D eigenvalue weighted by atomic mass is 32.1. The summed E-state index contributed by atoms with van der Waals surface area (Å²) < 4.78 is 2.52. The van der Waals surface area contributed by atoms with E-state index in [0.29, 0.717) is 17.6 Å². The average Bonchev–Trinajstić information content (AvgIpc) is 3.08. The molecule has 26 heavy (non-hydrogen) atoms. The van der Waals surface area contributed by atoms with Gasteiger partial charge in [0, 0.05) is 25.7 Å². The molecular weight excluding hydrogens is 336 g/mol. The Balaban J connectivity index is 1.79. The van der Waals surface area contributed by atoms with Crippen LogP contribution in [0.2, 0.25) is 0 Å². The van der Waals surface area contributed by atoms with Gasteiger partial charge in [-0.25, -0.2) is 0 Å². The molecule has 0 bridgehead atoms. The van der Waals surface area contributed by atoms with Crippen molar-refractivity contribution in [2.45, 2.75) is 37.5 Å². The maximum atomic E-state index is 11.0. The van der Waals surface area contributed by atoms with Crippen LogP contribution in [-0.4, -0.2) is 5.11 Å². The number of aromatic hydroxyl groups is 1. The number of hydrogen-bond donors (Lipinski definition) is 1.